The van der Waals surface area contributed by atoms with E-state index >= 15 is 0 Å². The fourth-order valence-corrected chi connectivity index (χ4v) is 2.52. The number of hydrogen-bond donors (Lipinski definition) is 1. The highest BCUT2D eigenvalue weighted by Gasteiger charge is 2.25. The third-order valence-corrected chi connectivity index (χ3v) is 3.71. The third kappa shape index (κ3) is 4.16. The second-order valence-electron chi connectivity index (χ2n) is 5.11. The van der Waals surface area contributed by atoms with Crippen molar-refractivity contribution in [2.24, 2.45) is 5.73 Å². The van der Waals surface area contributed by atoms with E-state index in [1.54, 1.807) is 9.80 Å². The molecule has 2 aliphatic heterocycles. The van der Waals surface area contributed by atoms with Crippen LogP contribution >= 0.6 is 0 Å². The zero-order valence-corrected chi connectivity index (χ0v) is 11.8. The van der Waals surface area contributed by atoms with Crippen molar-refractivity contribution in [2.75, 3.05) is 52.5 Å². The van der Waals surface area contributed by atoms with Gasteiger partial charge in [0.2, 0.25) is 11.8 Å². The Labute approximate surface area is 119 Å². The normalized spacial score (nSPS) is 23.8. The molecule has 114 valence electrons. The maximum Gasteiger partial charge on any atom is 0.248 e. The van der Waals surface area contributed by atoms with E-state index in [4.69, 9.17) is 15.2 Å². The molecular weight excluding hydrogens is 262 g/mol. The molecule has 7 heteroatoms. The van der Waals surface area contributed by atoms with Crippen molar-refractivity contribution in [3.63, 3.8) is 0 Å². The first-order chi connectivity index (χ1) is 9.70. The molecule has 2 saturated heterocycles. The second kappa shape index (κ2) is 7.56. The minimum atomic E-state index is -0.0655. The van der Waals surface area contributed by atoms with Crippen molar-refractivity contribution in [1.82, 2.24) is 9.80 Å². The number of hydrogen-bond acceptors (Lipinski definition) is 5. The van der Waals surface area contributed by atoms with E-state index in [9.17, 15) is 9.59 Å². The molecule has 0 radical (unpaired) electrons. The molecule has 0 saturated carbocycles. The SMILES string of the molecule is NCC(=O)N1CCCC(OCC(=O)N2CCOCC2)C1. The topological polar surface area (TPSA) is 85.1 Å². The van der Waals surface area contributed by atoms with E-state index in [2.05, 4.69) is 0 Å². The lowest BCUT2D eigenvalue weighted by Crippen LogP contribution is -2.47. The van der Waals surface area contributed by atoms with E-state index in [1.165, 1.54) is 0 Å². The van der Waals surface area contributed by atoms with Gasteiger partial charge >= 0.3 is 0 Å². The molecule has 7 nitrogen and oxygen atoms in total. The Bertz CT molecular complexity index is 345. The summed E-state index contributed by atoms with van der Waals surface area (Å²) < 4.78 is 10.9. The van der Waals surface area contributed by atoms with Gasteiger partial charge in [-0.1, -0.05) is 0 Å². The maximum absolute atomic E-state index is 12.0. The highest BCUT2D eigenvalue weighted by Crippen LogP contribution is 2.13. The maximum atomic E-state index is 12.0. The number of nitrogens with zero attached hydrogens (tertiary/aromatic N) is 2. The summed E-state index contributed by atoms with van der Waals surface area (Å²) >= 11 is 0. The fraction of sp³-hybridized carbons (Fsp3) is 0.846. The number of piperidine rings is 1. The largest absolute Gasteiger partial charge is 0.378 e. The van der Waals surface area contributed by atoms with Gasteiger partial charge < -0.3 is 25.0 Å². The summed E-state index contributed by atoms with van der Waals surface area (Å²) in [7, 11) is 0. The van der Waals surface area contributed by atoms with Gasteiger partial charge in [-0.25, -0.2) is 0 Å². The van der Waals surface area contributed by atoms with Crippen LogP contribution in [-0.2, 0) is 19.1 Å². The van der Waals surface area contributed by atoms with Crippen LogP contribution in [0.25, 0.3) is 0 Å². The van der Waals surface area contributed by atoms with Crippen LogP contribution in [-0.4, -0.2) is 80.3 Å². The zero-order chi connectivity index (χ0) is 14.4. The Kier molecular flexibility index (Phi) is 5.75. The van der Waals surface area contributed by atoms with Gasteiger partial charge in [0.05, 0.1) is 25.9 Å². The van der Waals surface area contributed by atoms with Crippen LogP contribution < -0.4 is 5.73 Å². The molecule has 2 amide bonds. The van der Waals surface area contributed by atoms with E-state index in [-0.39, 0.29) is 31.1 Å². The van der Waals surface area contributed by atoms with Crippen molar-refractivity contribution in [2.45, 2.75) is 18.9 Å². The summed E-state index contributed by atoms with van der Waals surface area (Å²) in [6.07, 6.45) is 1.71. The molecule has 2 rings (SSSR count). The number of morpholine rings is 1. The molecule has 0 aromatic carbocycles. The van der Waals surface area contributed by atoms with Crippen LogP contribution in [0.4, 0.5) is 0 Å². The number of carbonyl (C=O) groups excluding carboxylic acids is 2. The molecule has 2 aliphatic rings. The van der Waals surface area contributed by atoms with Crippen LogP contribution in [0.5, 0.6) is 0 Å². The molecule has 0 aliphatic carbocycles. The number of carbonyl (C=O) groups is 2. The van der Waals surface area contributed by atoms with Crippen LogP contribution in [0.1, 0.15) is 12.8 Å². The molecule has 0 bridgehead atoms. The summed E-state index contributed by atoms with van der Waals surface area (Å²) in [5.41, 5.74) is 5.36. The first-order valence-corrected chi connectivity index (χ1v) is 7.15. The highest BCUT2D eigenvalue weighted by atomic mass is 16.5. The third-order valence-electron chi connectivity index (χ3n) is 3.71. The minimum absolute atomic E-state index is 0.00410. The lowest BCUT2D eigenvalue weighted by Gasteiger charge is -2.33. The van der Waals surface area contributed by atoms with Crippen LogP contribution in [0.15, 0.2) is 0 Å². The lowest BCUT2D eigenvalue weighted by molar-refractivity contribution is -0.144. The van der Waals surface area contributed by atoms with Gasteiger partial charge in [-0.05, 0) is 12.8 Å². The van der Waals surface area contributed by atoms with E-state index < -0.39 is 0 Å². The van der Waals surface area contributed by atoms with Crippen LogP contribution in [0.3, 0.4) is 0 Å². The lowest BCUT2D eigenvalue weighted by atomic mass is 10.1. The molecule has 2 N–H and O–H groups in total. The van der Waals surface area contributed by atoms with Gasteiger partial charge in [0.1, 0.15) is 6.61 Å². The molecule has 2 fully saturated rings. The average Bonchev–Trinajstić information content (AvgIpc) is 2.53. The number of ether oxygens (including phenoxy) is 2. The second-order valence-corrected chi connectivity index (χ2v) is 5.11. The zero-order valence-electron chi connectivity index (χ0n) is 11.8. The van der Waals surface area contributed by atoms with Crippen molar-refractivity contribution >= 4 is 11.8 Å². The molecule has 0 aromatic rings. The Balaban J connectivity index is 1.72. The molecule has 0 aromatic heterocycles. The molecule has 1 unspecified atom stereocenters. The van der Waals surface area contributed by atoms with Crippen LogP contribution in [0.2, 0.25) is 0 Å². The number of likely N-dealkylation sites (tertiary alicyclic amines) is 1. The Hall–Kier alpha value is -1.18. The molecule has 0 spiro atoms. The van der Waals surface area contributed by atoms with Crippen molar-refractivity contribution < 1.29 is 19.1 Å². The van der Waals surface area contributed by atoms with E-state index in [0.29, 0.717) is 32.8 Å². The molecule has 20 heavy (non-hydrogen) atoms. The Morgan fingerprint density at radius 2 is 1.90 bits per heavy atom. The van der Waals surface area contributed by atoms with Gasteiger partial charge in [0, 0.05) is 26.2 Å². The van der Waals surface area contributed by atoms with Crippen molar-refractivity contribution in [3.05, 3.63) is 0 Å². The molecule has 1 atom stereocenters. The Morgan fingerprint density at radius 3 is 2.60 bits per heavy atom. The molecule has 2 heterocycles. The summed E-state index contributed by atoms with van der Waals surface area (Å²) in [6.45, 7) is 3.81. The standard InChI is InChI=1S/C13H23N3O4/c14-8-12(17)16-3-1-2-11(9-16)20-10-13(18)15-4-6-19-7-5-15/h11H,1-10,14H2. The van der Waals surface area contributed by atoms with Crippen molar-refractivity contribution in [3.8, 4) is 0 Å². The minimum Gasteiger partial charge on any atom is -0.378 e. The monoisotopic (exact) mass is 285 g/mol. The first-order valence-electron chi connectivity index (χ1n) is 7.15. The summed E-state index contributed by atoms with van der Waals surface area (Å²) in [5.74, 6) is -0.0617. The van der Waals surface area contributed by atoms with E-state index in [0.717, 1.165) is 19.4 Å². The molecular formula is C13H23N3O4. The number of amides is 2. The quantitative estimate of drug-likeness (QED) is 0.702. The number of nitrogens with two attached hydrogens (primary N) is 1. The van der Waals surface area contributed by atoms with Gasteiger partial charge in [-0.2, -0.15) is 0 Å². The average molecular weight is 285 g/mol. The van der Waals surface area contributed by atoms with Crippen molar-refractivity contribution in [1.29, 1.82) is 0 Å². The van der Waals surface area contributed by atoms with Gasteiger partial charge in [0.25, 0.3) is 0 Å². The predicted octanol–water partition coefficient (Wildman–Crippen LogP) is -1.19. The smallest absolute Gasteiger partial charge is 0.248 e. The first kappa shape index (κ1) is 15.2. The van der Waals surface area contributed by atoms with Gasteiger partial charge in [-0.15, -0.1) is 0 Å². The summed E-state index contributed by atoms with van der Waals surface area (Å²) in [6, 6.07) is 0. The highest BCUT2D eigenvalue weighted by molar-refractivity contribution is 5.78. The summed E-state index contributed by atoms with van der Waals surface area (Å²) in [4.78, 5) is 27.0. The Morgan fingerprint density at radius 1 is 1.15 bits per heavy atom. The van der Waals surface area contributed by atoms with Gasteiger partial charge in [0.15, 0.2) is 0 Å². The van der Waals surface area contributed by atoms with Crippen LogP contribution in [0, 0.1) is 0 Å². The predicted molar refractivity (Wildman–Crippen MR) is 72.0 cm³/mol. The van der Waals surface area contributed by atoms with Gasteiger partial charge in [-0.3, -0.25) is 9.59 Å². The van der Waals surface area contributed by atoms with E-state index in [1.807, 2.05) is 0 Å². The fourth-order valence-electron chi connectivity index (χ4n) is 2.52. The summed E-state index contributed by atoms with van der Waals surface area (Å²) in [5, 5.41) is 0. The number of rotatable bonds is 4.